The largest absolute Gasteiger partial charge is 0.388 e. The first-order valence-electron chi connectivity index (χ1n) is 11.8. The second-order valence-electron chi connectivity index (χ2n) is 8.47. The Morgan fingerprint density at radius 1 is 1.23 bits per heavy atom. The number of hydrogen-bond donors (Lipinski definition) is 6. The van der Waals surface area contributed by atoms with Gasteiger partial charge in [-0.15, -0.1) is 10.2 Å². The summed E-state index contributed by atoms with van der Waals surface area (Å²) in [5, 5.41) is 42.7. The van der Waals surface area contributed by atoms with E-state index >= 15 is 0 Å². The van der Waals surface area contributed by atoms with Gasteiger partial charge in [-0.25, -0.2) is 0 Å². The number of rotatable bonds is 11. The van der Waals surface area contributed by atoms with Gasteiger partial charge in [0.25, 0.3) is 5.91 Å². The molecular weight excluding hydrogens is 525 g/mol. The number of nitrogens with one attached hydrogen (secondary N) is 4. The highest BCUT2D eigenvalue weighted by atomic mass is 32.2. The fraction of sp³-hybridized carbons (Fsp3) is 0.391. The van der Waals surface area contributed by atoms with Crippen LogP contribution < -0.4 is 20.7 Å². The lowest BCUT2D eigenvalue weighted by Crippen LogP contribution is -2.49. The lowest BCUT2D eigenvalue weighted by Gasteiger charge is -2.19. The summed E-state index contributed by atoms with van der Waals surface area (Å²) in [6.07, 6.45) is 5.21. The van der Waals surface area contributed by atoms with Crippen molar-refractivity contribution in [2.45, 2.75) is 25.2 Å². The van der Waals surface area contributed by atoms with Gasteiger partial charge in [-0.1, -0.05) is 24.1 Å². The van der Waals surface area contributed by atoms with Gasteiger partial charge in [-0.05, 0) is 31.2 Å². The normalized spacial score (nSPS) is 12.7. The van der Waals surface area contributed by atoms with Gasteiger partial charge in [0.15, 0.2) is 25.2 Å². The first-order chi connectivity index (χ1) is 18.6. The zero-order valence-corrected chi connectivity index (χ0v) is 22.5. The minimum absolute atomic E-state index is 0.0607. The number of aliphatic hydroxyl groups is 2. The molecule has 206 valence electrons. The van der Waals surface area contributed by atoms with Crippen LogP contribution in [0.4, 0.5) is 17.2 Å². The molecule has 1 aliphatic rings. The fourth-order valence-corrected chi connectivity index (χ4v) is 3.51. The third kappa shape index (κ3) is 9.60. The van der Waals surface area contributed by atoms with Crippen LogP contribution in [0.15, 0.2) is 36.5 Å². The number of nitrogens with zero attached hydrogens (tertiary/aromatic N) is 5. The second-order valence-corrected chi connectivity index (χ2v) is 9.17. The molecule has 0 bridgehead atoms. The number of carbonyl (C=O) groups is 2. The molecular formula is C23H30BN9O5S. The van der Waals surface area contributed by atoms with Crippen molar-refractivity contribution in [2.75, 3.05) is 37.7 Å². The van der Waals surface area contributed by atoms with Gasteiger partial charge in [0.05, 0.1) is 18.4 Å². The van der Waals surface area contributed by atoms with Crippen LogP contribution in [0.2, 0.25) is 0 Å². The molecule has 1 saturated carbocycles. The minimum Gasteiger partial charge on any atom is -0.388 e. The van der Waals surface area contributed by atoms with E-state index in [9.17, 15) is 19.8 Å². The van der Waals surface area contributed by atoms with E-state index in [1.54, 1.807) is 48.7 Å². The van der Waals surface area contributed by atoms with E-state index in [0.29, 0.717) is 24.5 Å². The molecule has 4 rings (SSSR count). The van der Waals surface area contributed by atoms with Crippen molar-refractivity contribution in [2.24, 2.45) is 5.92 Å². The molecule has 6 N–H and O–H groups in total. The van der Waals surface area contributed by atoms with Crippen molar-refractivity contribution in [1.82, 2.24) is 35.2 Å². The molecule has 1 aliphatic carbocycles. The maximum absolute atomic E-state index is 12.6. The lowest BCUT2D eigenvalue weighted by molar-refractivity contribution is -0.117. The standard InChI is InChI=1S/C21H24BN9O4S.C2H6O/c1-36-24-7-8-31-23-11-16(30-31)13-3-2-4-14(9-13)25-15-10-17(26-19(32)12-5-6-12)28-29-18(15)20(33)27-21(22,34)35;1-3-2/h2-4,9-12,24,34-35H,5-8H2,1H3,(H,27,33)(H2,25,26,28,32);1-2H3. The lowest BCUT2D eigenvalue weighted by atomic mass is 10.0. The zero-order valence-electron chi connectivity index (χ0n) is 21.7. The molecule has 14 nitrogen and oxygen atoms in total. The number of benzene rings is 1. The van der Waals surface area contributed by atoms with E-state index in [2.05, 4.69) is 40.5 Å². The van der Waals surface area contributed by atoms with Crippen molar-refractivity contribution < 1.29 is 24.5 Å². The highest BCUT2D eigenvalue weighted by Crippen LogP contribution is 2.31. The third-order valence-corrected chi connectivity index (χ3v) is 5.53. The van der Waals surface area contributed by atoms with Crippen LogP contribution in [-0.2, 0) is 16.1 Å². The van der Waals surface area contributed by atoms with Crippen LogP contribution in [0, 0.1) is 5.92 Å². The molecule has 2 aromatic heterocycles. The smallest absolute Gasteiger partial charge is 0.277 e. The summed E-state index contributed by atoms with van der Waals surface area (Å²) in [6.45, 7) is 1.32. The quantitative estimate of drug-likeness (QED) is 0.0831. The van der Waals surface area contributed by atoms with Crippen molar-refractivity contribution in [3.05, 3.63) is 42.2 Å². The molecule has 39 heavy (non-hydrogen) atoms. The molecule has 2 amide bonds. The summed E-state index contributed by atoms with van der Waals surface area (Å²) in [5.41, 5.74) is 1.88. The summed E-state index contributed by atoms with van der Waals surface area (Å²) in [7, 11) is 8.32. The summed E-state index contributed by atoms with van der Waals surface area (Å²) in [5.74, 6) is -4.05. The summed E-state index contributed by atoms with van der Waals surface area (Å²) in [6, 6.07) is 8.63. The Labute approximate surface area is 230 Å². The average molecular weight is 555 g/mol. The van der Waals surface area contributed by atoms with Gasteiger partial charge in [0.2, 0.25) is 5.91 Å². The van der Waals surface area contributed by atoms with E-state index in [1.165, 1.54) is 18.0 Å². The van der Waals surface area contributed by atoms with Crippen molar-refractivity contribution in [3.8, 4) is 11.3 Å². The fourth-order valence-electron chi connectivity index (χ4n) is 3.21. The SMILES string of the molecule is COC.[B]C(O)(O)NC(=O)c1nnc(NC(=O)C2CC2)cc1Nc1cccc(-c2cnn(CCNSC)n2)c1. The number of aromatic nitrogens is 5. The number of amides is 2. The highest BCUT2D eigenvalue weighted by molar-refractivity contribution is 7.96. The molecule has 0 saturated heterocycles. The molecule has 0 spiro atoms. The zero-order chi connectivity index (χ0) is 28.4. The van der Waals surface area contributed by atoms with E-state index in [-0.39, 0.29) is 29.0 Å². The predicted molar refractivity (Wildman–Crippen MR) is 147 cm³/mol. The van der Waals surface area contributed by atoms with Crippen LogP contribution >= 0.6 is 11.9 Å². The number of carbonyl (C=O) groups excluding carboxylic acids is 2. The van der Waals surface area contributed by atoms with Crippen LogP contribution in [0.5, 0.6) is 0 Å². The highest BCUT2D eigenvalue weighted by Gasteiger charge is 2.30. The number of anilines is 3. The Bertz CT molecular complexity index is 1270. The van der Waals surface area contributed by atoms with E-state index in [4.69, 9.17) is 7.85 Å². The Morgan fingerprint density at radius 2 is 1.97 bits per heavy atom. The number of ether oxygens (including phenoxy) is 1. The molecule has 0 atom stereocenters. The Morgan fingerprint density at radius 3 is 2.64 bits per heavy atom. The van der Waals surface area contributed by atoms with Crippen LogP contribution in [-0.4, -0.2) is 87.9 Å². The first kappa shape index (κ1) is 30.0. The average Bonchev–Trinajstić information content (AvgIpc) is 3.62. The molecule has 1 aromatic carbocycles. The topological polar surface area (TPSA) is 188 Å². The Balaban J connectivity index is 0.00000134. The Kier molecular flexibility index (Phi) is 10.8. The molecule has 2 radical (unpaired) electrons. The van der Waals surface area contributed by atoms with Crippen LogP contribution in [0.1, 0.15) is 23.3 Å². The van der Waals surface area contributed by atoms with E-state index in [0.717, 1.165) is 18.4 Å². The maximum Gasteiger partial charge on any atom is 0.277 e. The van der Waals surface area contributed by atoms with Crippen molar-refractivity contribution in [1.29, 1.82) is 0 Å². The van der Waals surface area contributed by atoms with Crippen LogP contribution in [0.25, 0.3) is 11.3 Å². The molecule has 3 aromatic rings. The summed E-state index contributed by atoms with van der Waals surface area (Å²) < 4.78 is 7.38. The monoisotopic (exact) mass is 555 g/mol. The van der Waals surface area contributed by atoms with Gasteiger partial charge < -0.3 is 30.9 Å². The van der Waals surface area contributed by atoms with Gasteiger partial charge >= 0.3 is 0 Å². The van der Waals surface area contributed by atoms with Gasteiger partial charge in [0.1, 0.15) is 5.69 Å². The predicted octanol–water partition coefficient (Wildman–Crippen LogP) is 0.452. The first-order valence-corrected chi connectivity index (χ1v) is 13.0. The summed E-state index contributed by atoms with van der Waals surface area (Å²) in [4.78, 5) is 26.3. The number of hydrogen-bond acceptors (Lipinski definition) is 12. The molecule has 2 heterocycles. The number of methoxy groups -OCH3 is 1. The Hall–Kier alpha value is -3.57. The van der Waals surface area contributed by atoms with Crippen LogP contribution in [0.3, 0.4) is 0 Å². The van der Waals surface area contributed by atoms with Gasteiger partial charge in [0, 0.05) is 44.0 Å². The van der Waals surface area contributed by atoms with Crippen molar-refractivity contribution >= 4 is 48.8 Å². The second kappa shape index (κ2) is 14.0. The maximum atomic E-state index is 12.6. The molecule has 1 fully saturated rings. The van der Waals surface area contributed by atoms with Gasteiger partial charge in [-0.2, -0.15) is 15.0 Å². The third-order valence-electron chi connectivity index (χ3n) is 5.04. The molecule has 0 aliphatic heterocycles. The van der Waals surface area contributed by atoms with E-state index in [1.807, 2.05) is 12.3 Å². The van der Waals surface area contributed by atoms with Crippen molar-refractivity contribution in [3.63, 3.8) is 0 Å². The summed E-state index contributed by atoms with van der Waals surface area (Å²) >= 11 is 1.52. The molecule has 0 unspecified atom stereocenters. The molecule has 16 heteroatoms. The van der Waals surface area contributed by atoms with E-state index < -0.39 is 11.7 Å². The minimum atomic E-state index is -2.95. The van der Waals surface area contributed by atoms with Gasteiger partial charge in [-0.3, -0.25) is 14.3 Å².